The van der Waals surface area contributed by atoms with Gasteiger partial charge in [0.15, 0.2) is 17.9 Å². The Hall–Kier alpha value is -0.970. The first-order valence-electron chi connectivity index (χ1n) is 3.83. The van der Waals surface area contributed by atoms with Crippen LogP contribution in [0.1, 0.15) is 0 Å². The van der Waals surface area contributed by atoms with Crippen LogP contribution in [0.2, 0.25) is 0 Å². The van der Waals surface area contributed by atoms with E-state index in [2.05, 4.69) is 0 Å². The van der Waals surface area contributed by atoms with Gasteiger partial charge in [0.05, 0.1) is 5.57 Å². The Kier molecular flexibility index (Phi) is 3.57. The highest BCUT2D eigenvalue weighted by Crippen LogP contribution is 2.22. The minimum Gasteiger partial charge on any atom is -0.351 e. The molecule has 0 atom stereocenters. The zero-order valence-electron chi connectivity index (χ0n) is 7.74. The fraction of sp³-hybridized carbons (Fsp3) is 0.333. The van der Waals surface area contributed by atoms with Gasteiger partial charge in [0.2, 0.25) is 0 Å². The summed E-state index contributed by atoms with van der Waals surface area (Å²) in [5.74, 6) is -0.788. The maximum atomic E-state index is 11.4. The quantitative estimate of drug-likeness (QED) is 0.518. The molecule has 0 fully saturated rings. The summed E-state index contributed by atoms with van der Waals surface area (Å²) in [4.78, 5) is 22.5. The monoisotopic (exact) mass is 216 g/mol. The summed E-state index contributed by atoms with van der Waals surface area (Å²) in [6.07, 6.45) is 1.37. The molecule has 0 aliphatic heterocycles. The van der Waals surface area contributed by atoms with E-state index < -0.39 is 12.1 Å². The molecule has 0 N–H and O–H groups in total. The Bertz CT molecular complexity index is 326. The van der Waals surface area contributed by atoms with Crippen LogP contribution in [0.5, 0.6) is 0 Å². The van der Waals surface area contributed by atoms with Crippen molar-refractivity contribution in [2.24, 2.45) is 0 Å². The molecule has 76 valence electrons. The van der Waals surface area contributed by atoms with Gasteiger partial charge in [-0.15, -0.1) is 0 Å². The van der Waals surface area contributed by atoms with Gasteiger partial charge in [0, 0.05) is 14.2 Å². The van der Waals surface area contributed by atoms with E-state index >= 15 is 0 Å². The van der Waals surface area contributed by atoms with Gasteiger partial charge >= 0.3 is 0 Å². The Morgan fingerprint density at radius 1 is 1.14 bits per heavy atom. The van der Waals surface area contributed by atoms with E-state index in [0.29, 0.717) is 0 Å². The zero-order chi connectivity index (χ0) is 10.7. The largest absolute Gasteiger partial charge is 0.351 e. The van der Waals surface area contributed by atoms with Crippen molar-refractivity contribution in [1.82, 2.24) is 0 Å². The molecule has 0 saturated carbocycles. The van der Waals surface area contributed by atoms with Crippen LogP contribution in [0.15, 0.2) is 22.8 Å². The second kappa shape index (κ2) is 4.50. The molecule has 0 saturated heterocycles. The van der Waals surface area contributed by atoms with Crippen LogP contribution in [0.25, 0.3) is 0 Å². The summed E-state index contributed by atoms with van der Waals surface area (Å²) in [6, 6.07) is 0. The van der Waals surface area contributed by atoms with Crippen LogP contribution in [0, 0.1) is 0 Å². The van der Waals surface area contributed by atoms with Gasteiger partial charge in [-0.3, -0.25) is 9.59 Å². The smallest absolute Gasteiger partial charge is 0.197 e. The van der Waals surface area contributed by atoms with Crippen molar-refractivity contribution in [2.75, 3.05) is 14.2 Å². The lowest BCUT2D eigenvalue weighted by atomic mass is 10.0. The topological polar surface area (TPSA) is 52.6 Å². The van der Waals surface area contributed by atoms with Crippen LogP contribution in [-0.2, 0) is 19.1 Å². The summed E-state index contributed by atoms with van der Waals surface area (Å²) in [5.41, 5.74) is 0.0455. The molecule has 0 aromatic heterocycles. The molecule has 5 heteroatoms. The molecule has 0 heterocycles. The summed E-state index contributed by atoms with van der Waals surface area (Å²) < 4.78 is 9.71. The highest BCUT2D eigenvalue weighted by atomic mass is 35.5. The number of carbonyl (C=O) groups is 2. The average Bonchev–Trinajstić information content (AvgIpc) is 2.19. The first-order chi connectivity index (χ1) is 6.61. The number of carbonyl (C=O) groups excluding carboxylic acids is 2. The molecule has 4 nitrogen and oxygen atoms in total. The summed E-state index contributed by atoms with van der Waals surface area (Å²) in [6.45, 7) is 0. The van der Waals surface area contributed by atoms with Crippen molar-refractivity contribution < 1.29 is 19.1 Å². The fourth-order valence-electron chi connectivity index (χ4n) is 1.11. The molecule has 0 aromatic rings. The highest BCUT2D eigenvalue weighted by molar-refractivity contribution is 6.48. The van der Waals surface area contributed by atoms with Gasteiger partial charge in [0.1, 0.15) is 5.03 Å². The van der Waals surface area contributed by atoms with Crippen molar-refractivity contribution in [3.63, 3.8) is 0 Å². The number of rotatable bonds is 3. The molecule has 0 amide bonds. The van der Waals surface area contributed by atoms with Gasteiger partial charge in [-0.1, -0.05) is 11.6 Å². The first kappa shape index (κ1) is 11.1. The lowest BCUT2D eigenvalue weighted by Gasteiger charge is -2.18. The van der Waals surface area contributed by atoms with Gasteiger partial charge in [-0.05, 0) is 12.2 Å². The molecule has 0 bridgehead atoms. The number of ether oxygens (including phenoxy) is 2. The van der Waals surface area contributed by atoms with Crippen LogP contribution in [0.3, 0.4) is 0 Å². The van der Waals surface area contributed by atoms with Crippen molar-refractivity contribution in [3.8, 4) is 0 Å². The number of halogens is 1. The van der Waals surface area contributed by atoms with Crippen LogP contribution >= 0.6 is 11.6 Å². The number of hydrogen-bond acceptors (Lipinski definition) is 4. The van der Waals surface area contributed by atoms with Crippen LogP contribution < -0.4 is 0 Å². The Balaban J connectivity index is 3.09. The minimum absolute atomic E-state index is 0.0455. The van der Waals surface area contributed by atoms with Gasteiger partial charge in [-0.2, -0.15) is 0 Å². The fourth-order valence-corrected chi connectivity index (χ4v) is 1.35. The third-order valence-electron chi connectivity index (χ3n) is 1.77. The summed E-state index contributed by atoms with van der Waals surface area (Å²) in [7, 11) is 2.73. The Labute approximate surface area is 86.1 Å². The predicted octanol–water partition coefficient (Wildman–Crippen LogP) is 0.806. The lowest BCUT2D eigenvalue weighted by Crippen LogP contribution is -2.25. The molecule has 1 aliphatic rings. The SMILES string of the molecule is COC(OC)C1=C(Cl)C(=O)C=CC1=O. The third kappa shape index (κ3) is 1.92. The summed E-state index contributed by atoms with van der Waals surface area (Å²) in [5, 5.41) is -0.147. The van der Waals surface area contributed by atoms with E-state index in [4.69, 9.17) is 21.1 Å². The Morgan fingerprint density at radius 3 is 2.14 bits per heavy atom. The molecule has 0 radical (unpaired) electrons. The van der Waals surface area contributed by atoms with Crippen molar-refractivity contribution in [3.05, 3.63) is 22.8 Å². The van der Waals surface area contributed by atoms with Crippen molar-refractivity contribution in [1.29, 1.82) is 0 Å². The standard InChI is InChI=1S/C9H9ClO4/c1-13-9(14-2)7-5(11)3-4-6(12)8(7)10/h3-4,9H,1-2H3. The highest BCUT2D eigenvalue weighted by Gasteiger charge is 2.28. The van der Waals surface area contributed by atoms with E-state index in [1.54, 1.807) is 0 Å². The van der Waals surface area contributed by atoms with Crippen molar-refractivity contribution >= 4 is 23.2 Å². The molecule has 0 aromatic carbocycles. The van der Waals surface area contributed by atoms with E-state index in [0.717, 1.165) is 12.2 Å². The maximum absolute atomic E-state index is 11.4. The van der Waals surface area contributed by atoms with E-state index in [-0.39, 0.29) is 16.4 Å². The molecule has 0 unspecified atom stereocenters. The zero-order valence-corrected chi connectivity index (χ0v) is 8.50. The third-order valence-corrected chi connectivity index (χ3v) is 2.16. The average molecular weight is 217 g/mol. The predicted molar refractivity (Wildman–Crippen MR) is 49.8 cm³/mol. The molecule has 14 heavy (non-hydrogen) atoms. The van der Waals surface area contributed by atoms with E-state index in [1.807, 2.05) is 0 Å². The van der Waals surface area contributed by atoms with Gasteiger partial charge < -0.3 is 9.47 Å². The van der Waals surface area contributed by atoms with Gasteiger partial charge in [-0.25, -0.2) is 0 Å². The normalized spacial score (nSPS) is 17.1. The van der Waals surface area contributed by atoms with E-state index in [9.17, 15) is 9.59 Å². The van der Waals surface area contributed by atoms with Crippen LogP contribution in [-0.4, -0.2) is 32.1 Å². The number of methoxy groups -OCH3 is 2. The maximum Gasteiger partial charge on any atom is 0.197 e. The number of ketones is 2. The molecule has 1 rings (SSSR count). The minimum atomic E-state index is -0.899. The van der Waals surface area contributed by atoms with Crippen molar-refractivity contribution in [2.45, 2.75) is 6.29 Å². The first-order valence-corrected chi connectivity index (χ1v) is 4.21. The molecular formula is C9H9ClO4. The Morgan fingerprint density at radius 2 is 1.64 bits per heavy atom. The summed E-state index contributed by atoms with van der Waals surface area (Å²) >= 11 is 5.68. The molecule has 1 aliphatic carbocycles. The second-order valence-corrected chi connectivity index (χ2v) is 2.97. The molecular weight excluding hydrogens is 208 g/mol. The van der Waals surface area contributed by atoms with Crippen LogP contribution in [0.4, 0.5) is 0 Å². The second-order valence-electron chi connectivity index (χ2n) is 2.59. The lowest BCUT2D eigenvalue weighted by molar-refractivity contribution is -0.121. The molecule has 0 spiro atoms. The van der Waals surface area contributed by atoms with E-state index in [1.165, 1.54) is 14.2 Å². The number of allylic oxidation sites excluding steroid dienone is 3. The van der Waals surface area contributed by atoms with Gasteiger partial charge in [0.25, 0.3) is 0 Å². The number of hydrogen-bond donors (Lipinski definition) is 0.